The molecular weight excluding hydrogens is 198 g/mol. The molecular formula is C13H13N3. The minimum Gasteiger partial charge on any atom is -0.348 e. The van der Waals surface area contributed by atoms with Gasteiger partial charge in [0.2, 0.25) is 0 Å². The molecule has 0 N–H and O–H groups in total. The number of hydrogen-bond acceptors (Lipinski definition) is 2. The molecule has 0 fully saturated rings. The summed E-state index contributed by atoms with van der Waals surface area (Å²) in [5.41, 5.74) is 3.91. The fourth-order valence-corrected chi connectivity index (χ4v) is 1.63. The number of pyridine rings is 1. The first-order valence-electron chi connectivity index (χ1n) is 5.17. The van der Waals surface area contributed by atoms with Crippen molar-refractivity contribution in [3.8, 4) is 6.07 Å². The first-order valence-corrected chi connectivity index (χ1v) is 5.17. The van der Waals surface area contributed by atoms with Crippen molar-refractivity contribution >= 4 is 0 Å². The summed E-state index contributed by atoms with van der Waals surface area (Å²) in [5.74, 6) is 0. The molecule has 2 aromatic heterocycles. The van der Waals surface area contributed by atoms with Crippen molar-refractivity contribution in [1.82, 2.24) is 9.55 Å². The number of hydrogen-bond donors (Lipinski definition) is 0. The van der Waals surface area contributed by atoms with Crippen molar-refractivity contribution in [2.24, 2.45) is 0 Å². The lowest BCUT2D eigenvalue weighted by Gasteiger charge is -2.02. The molecule has 0 radical (unpaired) electrons. The Bertz CT molecular complexity index is 529. The van der Waals surface area contributed by atoms with Gasteiger partial charge in [-0.25, -0.2) is 0 Å². The summed E-state index contributed by atoms with van der Waals surface area (Å²) in [6, 6.07) is 6.23. The van der Waals surface area contributed by atoms with Gasteiger partial charge in [-0.1, -0.05) is 6.07 Å². The highest BCUT2D eigenvalue weighted by atomic mass is 14.9. The number of aromatic nitrogens is 2. The molecule has 0 spiro atoms. The summed E-state index contributed by atoms with van der Waals surface area (Å²) >= 11 is 0. The summed E-state index contributed by atoms with van der Waals surface area (Å²) in [4.78, 5) is 4.25. The zero-order valence-electron chi connectivity index (χ0n) is 9.44. The van der Waals surface area contributed by atoms with Crippen LogP contribution in [0.2, 0.25) is 0 Å². The SMILES string of the molecule is Cc1ccc(Cn2cc(C)c(C#N)c2)cn1. The number of nitrogens with zero attached hydrogens (tertiary/aromatic N) is 3. The fraction of sp³-hybridized carbons (Fsp3) is 0.231. The summed E-state index contributed by atoms with van der Waals surface area (Å²) < 4.78 is 2.01. The van der Waals surface area contributed by atoms with E-state index in [1.54, 1.807) is 0 Å². The lowest BCUT2D eigenvalue weighted by atomic mass is 10.2. The van der Waals surface area contributed by atoms with Gasteiger partial charge in [-0.3, -0.25) is 4.98 Å². The third-order valence-corrected chi connectivity index (χ3v) is 2.54. The van der Waals surface area contributed by atoms with Crippen LogP contribution < -0.4 is 0 Å². The van der Waals surface area contributed by atoms with Crippen LogP contribution in [0.4, 0.5) is 0 Å². The maximum Gasteiger partial charge on any atom is 0.101 e. The lowest BCUT2D eigenvalue weighted by molar-refractivity contribution is 0.798. The molecule has 0 aliphatic rings. The molecule has 3 heteroatoms. The highest BCUT2D eigenvalue weighted by Crippen LogP contribution is 2.10. The van der Waals surface area contributed by atoms with E-state index < -0.39 is 0 Å². The van der Waals surface area contributed by atoms with Gasteiger partial charge in [0, 0.05) is 30.8 Å². The Hall–Kier alpha value is -2.08. The highest BCUT2D eigenvalue weighted by Gasteiger charge is 2.02. The van der Waals surface area contributed by atoms with Gasteiger partial charge in [0.25, 0.3) is 0 Å². The molecule has 0 bridgehead atoms. The Balaban J connectivity index is 2.21. The van der Waals surface area contributed by atoms with Crippen LogP contribution in [0.1, 0.15) is 22.4 Å². The molecule has 0 saturated heterocycles. The molecule has 2 aromatic rings. The minimum atomic E-state index is 0.736. The van der Waals surface area contributed by atoms with Gasteiger partial charge in [0.05, 0.1) is 5.56 Å². The minimum absolute atomic E-state index is 0.736. The average Bonchev–Trinajstić information content (AvgIpc) is 2.62. The van der Waals surface area contributed by atoms with Crippen LogP contribution in [0.5, 0.6) is 0 Å². The van der Waals surface area contributed by atoms with Crippen LogP contribution in [0, 0.1) is 25.2 Å². The predicted molar refractivity (Wildman–Crippen MR) is 62.0 cm³/mol. The first-order chi connectivity index (χ1) is 7.69. The molecule has 0 saturated carbocycles. The Morgan fingerprint density at radius 2 is 2.12 bits per heavy atom. The van der Waals surface area contributed by atoms with Gasteiger partial charge in [0.15, 0.2) is 0 Å². The first kappa shape index (κ1) is 10.4. The van der Waals surface area contributed by atoms with Gasteiger partial charge in [0.1, 0.15) is 6.07 Å². The van der Waals surface area contributed by atoms with Crippen LogP contribution in [0.25, 0.3) is 0 Å². The lowest BCUT2D eigenvalue weighted by Crippen LogP contribution is -1.97. The molecule has 0 atom stereocenters. The molecule has 2 rings (SSSR count). The summed E-state index contributed by atoms with van der Waals surface area (Å²) in [7, 11) is 0. The quantitative estimate of drug-likeness (QED) is 0.765. The van der Waals surface area contributed by atoms with Crippen molar-refractivity contribution < 1.29 is 0 Å². The molecule has 0 aromatic carbocycles. The van der Waals surface area contributed by atoms with Gasteiger partial charge < -0.3 is 4.57 Å². The van der Waals surface area contributed by atoms with Crippen molar-refractivity contribution in [1.29, 1.82) is 5.26 Å². The van der Waals surface area contributed by atoms with Crippen LogP contribution in [-0.2, 0) is 6.54 Å². The number of nitriles is 1. The van der Waals surface area contributed by atoms with Crippen LogP contribution in [-0.4, -0.2) is 9.55 Å². The largest absolute Gasteiger partial charge is 0.348 e. The summed E-state index contributed by atoms with van der Waals surface area (Å²) in [6.45, 7) is 4.68. The standard InChI is InChI=1S/C13H13N3/c1-10-7-16(9-13(10)5-14)8-12-4-3-11(2)15-6-12/h3-4,6-7,9H,8H2,1-2H3. The molecule has 0 unspecified atom stereocenters. The summed E-state index contributed by atoms with van der Waals surface area (Å²) in [6.07, 6.45) is 5.73. The van der Waals surface area contributed by atoms with Crippen molar-refractivity contribution in [3.05, 3.63) is 53.1 Å². The van der Waals surface area contributed by atoms with Gasteiger partial charge >= 0.3 is 0 Å². The third-order valence-electron chi connectivity index (χ3n) is 2.54. The van der Waals surface area contributed by atoms with E-state index in [4.69, 9.17) is 5.26 Å². The van der Waals surface area contributed by atoms with Crippen molar-refractivity contribution in [2.45, 2.75) is 20.4 Å². The normalized spacial score (nSPS) is 10.1. The summed E-state index contributed by atoms with van der Waals surface area (Å²) in [5, 5.41) is 8.86. The Morgan fingerprint density at radius 1 is 1.31 bits per heavy atom. The molecule has 2 heterocycles. The zero-order chi connectivity index (χ0) is 11.5. The second-order valence-electron chi connectivity index (χ2n) is 3.95. The van der Waals surface area contributed by atoms with Gasteiger partial charge in [-0.2, -0.15) is 5.26 Å². The zero-order valence-corrected chi connectivity index (χ0v) is 9.44. The van der Waals surface area contributed by atoms with Crippen LogP contribution in [0.15, 0.2) is 30.7 Å². The maximum absolute atomic E-state index is 8.86. The molecule has 16 heavy (non-hydrogen) atoms. The van der Waals surface area contributed by atoms with E-state index in [-0.39, 0.29) is 0 Å². The topological polar surface area (TPSA) is 41.6 Å². The van der Waals surface area contributed by atoms with Crippen LogP contribution >= 0.6 is 0 Å². The Labute approximate surface area is 95.0 Å². The van der Waals surface area contributed by atoms with E-state index >= 15 is 0 Å². The molecule has 0 aliphatic carbocycles. The smallest absolute Gasteiger partial charge is 0.101 e. The van der Waals surface area contributed by atoms with Crippen molar-refractivity contribution in [2.75, 3.05) is 0 Å². The highest BCUT2D eigenvalue weighted by molar-refractivity contribution is 5.35. The van der Waals surface area contributed by atoms with E-state index in [0.717, 1.165) is 28.9 Å². The molecule has 80 valence electrons. The van der Waals surface area contributed by atoms with Crippen molar-refractivity contribution in [3.63, 3.8) is 0 Å². The Kier molecular flexibility index (Phi) is 2.74. The fourth-order valence-electron chi connectivity index (χ4n) is 1.63. The van der Waals surface area contributed by atoms with E-state index in [0.29, 0.717) is 0 Å². The Morgan fingerprint density at radius 3 is 2.69 bits per heavy atom. The van der Waals surface area contributed by atoms with Gasteiger partial charge in [-0.15, -0.1) is 0 Å². The van der Waals surface area contributed by atoms with E-state index in [1.807, 2.05) is 43.1 Å². The molecule has 0 amide bonds. The average molecular weight is 211 g/mol. The maximum atomic E-state index is 8.86. The third kappa shape index (κ3) is 2.12. The molecule has 0 aliphatic heterocycles. The van der Waals surface area contributed by atoms with E-state index in [9.17, 15) is 0 Å². The molecule has 3 nitrogen and oxygen atoms in total. The number of aryl methyl sites for hydroxylation is 2. The monoisotopic (exact) mass is 211 g/mol. The van der Waals surface area contributed by atoms with Gasteiger partial charge in [-0.05, 0) is 31.0 Å². The second kappa shape index (κ2) is 4.19. The predicted octanol–water partition coefficient (Wildman–Crippen LogP) is 2.42. The van der Waals surface area contributed by atoms with E-state index in [1.165, 1.54) is 0 Å². The number of rotatable bonds is 2. The second-order valence-corrected chi connectivity index (χ2v) is 3.95. The van der Waals surface area contributed by atoms with E-state index in [2.05, 4.69) is 17.1 Å². The van der Waals surface area contributed by atoms with Crippen LogP contribution in [0.3, 0.4) is 0 Å².